The van der Waals surface area contributed by atoms with Gasteiger partial charge in [-0.2, -0.15) is 0 Å². The predicted molar refractivity (Wildman–Crippen MR) is 108 cm³/mol. The number of carbonyl (C=O) groups is 1. The van der Waals surface area contributed by atoms with Crippen molar-refractivity contribution < 1.29 is 14.1 Å². The highest BCUT2D eigenvalue weighted by Crippen LogP contribution is 2.38. The Morgan fingerprint density at radius 2 is 2.04 bits per heavy atom. The molecule has 1 aromatic heterocycles. The zero-order valence-corrected chi connectivity index (χ0v) is 16.9. The Bertz CT molecular complexity index is 857. The van der Waals surface area contributed by atoms with Crippen LogP contribution in [0.25, 0.3) is 0 Å². The van der Waals surface area contributed by atoms with Crippen molar-refractivity contribution in [3.8, 4) is 5.95 Å². The number of hydrogen-bond donors (Lipinski definition) is 1. The number of anilines is 1. The molecule has 2 saturated heterocycles. The topological polar surface area (TPSA) is 67.6 Å². The summed E-state index contributed by atoms with van der Waals surface area (Å²) in [6.45, 7) is 9.61. The van der Waals surface area contributed by atoms with Gasteiger partial charge in [-0.05, 0) is 45.2 Å². The first-order valence-electron chi connectivity index (χ1n) is 10.2. The Balaban J connectivity index is 1.52. The van der Waals surface area contributed by atoms with Gasteiger partial charge in [0.2, 0.25) is 0 Å². The van der Waals surface area contributed by atoms with Crippen LogP contribution in [0.2, 0.25) is 0 Å². The van der Waals surface area contributed by atoms with Crippen molar-refractivity contribution in [2.75, 3.05) is 25.0 Å². The average Bonchev–Trinajstić information content (AvgIpc) is 3.38. The molecule has 0 saturated carbocycles. The maximum Gasteiger partial charge on any atom is 0.419 e. The molecule has 2 fully saturated rings. The van der Waals surface area contributed by atoms with Crippen LogP contribution in [0.1, 0.15) is 43.9 Å². The molecular weight excluding hydrogens is 356 g/mol. The van der Waals surface area contributed by atoms with Crippen molar-refractivity contribution in [1.82, 2.24) is 14.8 Å². The summed E-state index contributed by atoms with van der Waals surface area (Å²) in [5.74, 6) is 0.0915. The van der Waals surface area contributed by atoms with E-state index in [1.165, 1.54) is 31.4 Å². The van der Waals surface area contributed by atoms with Crippen LogP contribution in [0, 0.1) is 13.8 Å². The molecule has 7 heteroatoms. The van der Waals surface area contributed by atoms with E-state index >= 15 is 0 Å². The maximum absolute atomic E-state index is 12.2. The largest absolute Gasteiger partial charge is 0.419 e. The highest BCUT2D eigenvalue weighted by atomic mass is 16.7. The smallest absolute Gasteiger partial charge is 0.374 e. The van der Waals surface area contributed by atoms with E-state index in [-0.39, 0.29) is 5.95 Å². The summed E-state index contributed by atoms with van der Waals surface area (Å²) in [6.07, 6.45) is 4.47. The zero-order valence-electron chi connectivity index (χ0n) is 16.9. The van der Waals surface area contributed by atoms with Crippen LogP contribution in [0.15, 0.2) is 28.8 Å². The molecule has 1 atom stereocenters. The molecule has 0 bridgehead atoms. The van der Waals surface area contributed by atoms with E-state index in [0.29, 0.717) is 11.7 Å². The molecule has 150 valence electrons. The molecule has 0 aliphatic carbocycles. The number of benzene rings is 1. The van der Waals surface area contributed by atoms with Gasteiger partial charge in [-0.25, -0.2) is 9.39 Å². The normalized spacial score (nSPS) is 21.8. The van der Waals surface area contributed by atoms with Gasteiger partial charge < -0.3 is 9.26 Å². The predicted octanol–water partition coefficient (Wildman–Crippen LogP) is 4.40. The Kier molecular flexibility index (Phi) is 5.12. The van der Waals surface area contributed by atoms with Crippen molar-refractivity contribution in [2.45, 2.75) is 52.5 Å². The van der Waals surface area contributed by atoms with Crippen LogP contribution in [0.3, 0.4) is 0 Å². The van der Waals surface area contributed by atoms with Crippen molar-refractivity contribution in [3.63, 3.8) is 0 Å². The molecule has 4 rings (SSSR count). The molecule has 7 nitrogen and oxygen atoms in total. The van der Waals surface area contributed by atoms with Crippen molar-refractivity contribution >= 4 is 17.5 Å². The number of carbonyl (C=O) groups excluding carboxylic acids is 1. The van der Waals surface area contributed by atoms with Gasteiger partial charge in [0, 0.05) is 43.3 Å². The zero-order chi connectivity index (χ0) is 19.7. The van der Waals surface area contributed by atoms with Gasteiger partial charge in [0.15, 0.2) is 5.69 Å². The minimum atomic E-state index is -0.578. The SMILES string of the molecule is Cc1cc(OC(=O)Nc2ccc([N+]3(N4CCC[C@@H]4C)CCCC3)cc2C)on1. The Morgan fingerprint density at radius 3 is 2.64 bits per heavy atom. The maximum atomic E-state index is 12.2. The van der Waals surface area contributed by atoms with E-state index in [1.54, 1.807) is 13.0 Å². The number of nitrogens with zero attached hydrogens (tertiary/aromatic N) is 3. The van der Waals surface area contributed by atoms with Gasteiger partial charge in [-0.3, -0.25) is 5.32 Å². The average molecular weight is 385 g/mol. The van der Waals surface area contributed by atoms with E-state index in [0.717, 1.165) is 35.5 Å². The highest BCUT2D eigenvalue weighted by Gasteiger charge is 2.45. The number of nitrogens with one attached hydrogen (secondary N) is 1. The number of aryl methyl sites for hydroxylation is 2. The standard InChI is InChI=1S/C21H28N4O3/c1-15-13-18(25(11-4-5-12-25)24-10-6-7-17(24)3)8-9-19(15)22-21(26)27-20-14-16(2)23-28-20/h8-9,13-14,17H,4-7,10-12H2,1-3H3/p+1/t17-/m0/s1. The summed E-state index contributed by atoms with van der Waals surface area (Å²) in [7, 11) is 0. The van der Waals surface area contributed by atoms with E-state index in [4.69, 9.17) is 9.26 Å². The number of quaternary nitrogens is 1. The first-order valence-corrected chi connectivity index (χ1v) is 10.2. The summed E-state index contributed by atoms with van der Waals surface area (Å²) in [5, 5.41) is 9.18. The van der Waals surface area contributed by atoms with Crippen LogP contribution in [0.4, 0.5) is 16.2 Å². The van der Waals surface area contributed by atoms with Gasteiger partial charge in [0.1, 0.15) is 13.1 Å². The summed E-state index contributed by atoms with van der Waals surface area (Å²) in [5.41, 5.74) is 3.75. The van der Waals surface area contributed by atoms with Gasteiger partial charge in [-0.1, -0.05) is 5.16 Å². The molecule has 0 spiro atoms. The fourth-order valence-corrected chi connectivity index (χ4v) is 4.67. The Labute approximate surface area is 165 Å². The number of aromatic nitrogens is 1. The summed E-state index contributed by atoms with van der Waals surface area (Å²) < 4.78 is 11.0. The highest BCUT2D eigenvalue weighted by molar-refractivity contribution is 5.87. The second-order valence-electron chi connectivity index (χ2n) is 8.03. The quantitative estimate of drug-likeness (QED) is 0.790. The van der Waals surface area contributed by atoms with E-state index in [9.17, 15) is 4.79 Å². The second kappa shape index (κ2) is 7.56. The molecule has 2 aliphatic heterocycles. The Hall–Kier alpha value is -2.38. The lowest BCUT2D eigenvalue weighted by Gasteiger charge is -2.43. The lowest BCUT2D eigenvalue weighted by Crippen LogP contribution is -2.61. The molecule has 2 aromatic rings. The first kappa shape index (κ1) is 19.0. The molecular formula is C21H29N4O3+. The molecule has 1 N–H and O–H groups in total. The fraction of sp³-hybridized carbons (Fsp3) is 0.524. The monoisotopic (exact) mass is 385 g/mol. The van der Waals surface area contributed by atoms with Gasteiger partial charge >= 0.3 is 12.0 Å². The van der Waals surface area contributed by atoms with Gasteiger partial charge in [0.25, 0.3) is 0 Å². The minimum absolute atomic E-state index is 0.0915. The molecule has 0 radical (unpaired) electrons. The molecule has 3 heterocycles. The lowest BCUT2D eigenvalue weighted by atomic mass is 10.1. The fourth-order valence-electron chi connectivity index (χ4n) is 4.67. The molecule has 1 aromatic carbocycles. The number of amides is 1. The molecule has 2 aliphatic rings. The van der Waals surface area contributed by atoms with Gasteiger partial charge in [-0.15, -0.1) is 5.01 Å². The van der Waals surface area contributed by atoms with Crippen LogP contribution >= 0.6 is 0 Å². The summed E-state index contributed by atoms with van der Waals surface area (Å²) in [4.78, 5) is 12.2. The molecule has 28 heavy (non-hydrogen) atoms. The minimum Gasteiger partial charge on any atom is -0.374 e. The Morgan fingerprint density at radius 1 is 1.25 bits per heavy atom. The van der Waals surface area contributed by atoms with Crippen molar-refractivity contribution in [3.05, 3.63) is 35.5 Å². The first-order chi connectivity index (χ1) is 13.5. The number of ether oxygens (including phenoxy) is 1. The third-order valence-corrected chi connectivity index (χ3v) is 6.04. The van der Waals surface area contributed by atoms with Crippen LogP contribution in [0.5, 0.6) is 5.95 Å². The van der Waals surface area contributed by atoms with Crippen molar-refractivity contribution in [1.29, 1.82) is 0 Å². The number of hydrogen-bond acceptors (Lipinski definition) is 5. The molecule has 0 unspecified atom stereocenters. The third kappa shape index (κ3) is 3.52. The third-order valence-electron chi connectivity index (χ3n) is 6.04. The summed E-state index contributed by atoms with van der Waals surface area (Å²) in [6, 6.07) is 8.53. The van der Waals surface area contributed by atoms with E-state index in [2.05, 4.69) is 34.5 Å². The van der Waals surface area contributed by atoms with Crippen LogP contribution in [-0.2, 0) is 0 Å². The summed E-state index contributed by atoms with van der Waals surface area (Å²) >= 11 is 0. The van der Waals surface area contributed by atoms with Crippen molar-refractivity contribution in [2.24, 2.45) is 0 Å². The lowest BCUT2D eigenvalue weighted by molar-refractivity contribution is -0.00237. The van der Waals surface area contributed by atoms with Crippen LogP contribution < -0.4 is 14.6 Å². The molecule has 1 amide bonds. The number of rotatable bonds is 4. The van der Waals surface area contributed by atoms with Crippen LogP contribution in [-0.4, -0.2) is 41.9 Å². The second-order valence-corrected chi connectivity index (χ2v) is 8.03. The van der Waals surface area contributed by atoms with E-state index < -0.39 is 6.09 Å². The van der Waals surface area contributed by atoms with Gasteiger partial charge in [0.05, 0.1) is 11.7 Å². The van der Waals surface area contributed by atoms with E-state index in [1.807, 2.05) is 13.0 Å².